The van der Waals surface area contributed by atoms with Gasteiger partial charge in [-0.15, -0.1) is 0 Å². The van der Waals surface area contributed by atoms with E-state index in [0.29, 0.717) is 28.1 Å². The smallest absolute Gasteiger partial charge is 0.301 e. The summed E-state index contributed by atoms with van der Waals surface area (Å²) in [6.07, 6.45) is 3.01. The summed E-state index contributed by atoms with van der Waals surface area (Å²) < 4.78 is 11.4. The molecule has 0 aliphatic rings. The van der Waals surface area contributed by atoms with Gasteiger partial charge in [0.1, 0.15) is 12.3 Å². The van der Waals surface area contributed by atoms with Gasteiger partial charge in [-0.1, -0.05) is 12.7 Å². The molecule has 2 aromatic carbocycles. The molecule has 0 saturated carbocycles. The third kappa shape index (κ3) is 5.04. The highest BCUT2D eigenvalue weighted by atomic mass is 79.9. The van der Waals surface area contributed by atoms with Crippen LogP contribution in [0.1, 0.15) is 5.56 Å². The van der Waals surface area contributed by atoms with Crippen molar-refractivity contribution < 1.29 is 19.3 Å². The summed E-state index contributed by atoms with van der Waals surface area (Å²) in [5.74, 6) is 0.956. The van der Waals surface area contributed by atoms with Crippen molar-refractivity contribution in [3.05, 3.63) is 73.3 Å². The molecule has 0 atom stereocenters. The van der Waals surface area contributed by atoms with Crippen molar-refractivity contribution in [3.8, 4) is 11.5 Å². The van der Waals surface area contributed by atoms with E-state index in [4.69, 9.17) is 9.47 Å². The SMILES string of the molecule is C=CCOc1c(Br)cc(/C=N\Nc2ccc([N+](=O)[O-])cc2[N+](=O)[O-])cc1OC. The van der Waals surface area contributed by atoms with Gasteiger partial charge in [0.05, 0.1) is 33.7 Å². The Hall–Kier alpha value is -3.47. The van der Waals surface area contributed by atoms with Crippen LogP contribution in [-0.4, -0.2) is 29.8 Å². The lowest BCUT2D eigenvalue weighted by Gasteiger charge is -2.12. The van der Waals surface area contributed by atoms with Gasteiger partial charge in [-0.2, -0.15) is 5.10 Å². The minimum absolute atomic E-state index is 0.0174. The van der Waals surface area contributed by atoms with Gasteiger partial charge in [0.15, 0.2) is 11.5 Å². The van der Waals surface area contributed by atoms with Crippen LogP contribution in [-0.2, 0) is 0 Å². The van der Waals surface area contributed by atoms with Crippen LogP contribution in [0.15, 0.2) is 52.6 Å². The second-order valence-electron chi connectivity index (χ2n) is 5.22. The van der Waals surface area contributed by atoms with Crippen LogP contribution in [0.2, 0.25) is 0 Å². The Morgan fingerprint density at radius 1 is 1.25 bits per heavy atom. The Morgan fingerprint density at radius 3 is 2.61 bits per heavy atom. The van der Waals surface area contributed by atoms with Crippen molar-refractivity contribution >= 4 is 39.2 Å². The Kier molecular flexibility index (Phi) is 7.04. The van der Waals surface area contributed by atoms with E-state index in [1.807, 2.05) is 0 Å². The van der Waals surface area contributed by atoms with E-state index < -0.39 is 15.5 Å². The molecule has 0 aliphatic heterocycles. The summed E-state index contributed by atoms with van der Waals surface area (Å²) in [6.45, 7) is 3.89. The number of ether oxygens (including phenoxy) is 2. The average molecular weight is 451 g/mol. The second kappa shape index (κ2) is 9.46. The summed E-state index contributed by atoms with van der Waals surface area (Å²) in [4.78, 5) is 20.5. The molecule has 0 heterocycles. The van der Waals surface area contributed by atoms with E-state index in [2.05, 4.69) is 33.0 Å². The van der Waals surface area contributed by atoms with E-state index in [9.17, 15) is 20.2 Å². The van der Waals surface area contributed by atoms with Crippen molar-refractivity contribution in [2.45, 2.75) is 0 Å². The first-order valence-corrected chi connectivity index (χ1v) is 8.49. The molecule has 2 aromatic rings. The molecule has 0 amide bonds. The first-order valence-electron chi connectivity index (χ1n) is 7.70. The molecule has 10 nitrogen and oxygen atoms in total. The van der Waals surface area contributed by atoms with E-state index >= 15 is 0 Å². The third-order valence-electron chi connectivity index (χ3n) is 3.38. The highest BCUT2D eigenvalue weighted by Crippen LogP contribution is 2.36. The summed E-state index contributed by atoms with van der Waals surface area (Å²) in [5.41, 5.74) is 2.31. The monoisotopic (exact) mass is 450 g/mol. The summed E-state index contributed by atoms with van der Waals surface area (Å²) in [6, 6.07) is 6.62. The van der Waals surface area contributed by atoms with Crippen molar-refractivity contribution in [1.82, 2.24) is 0 Å². The van der Waals surface area contributed by atoms with Crippen molar-refractivity contribution in [2.75, 3.05) is 19.1 Å². The van der Waals surface area contributed by atoms with Gasteiger partial charge in [-0.05, 0) is 39.7 Å². The lowest BCUT2D eigenvalue weighted by atomic mass is 10.2. The number of benzene rings is 2. The van der Waals surface area contributed by atoms with Crippen LogP contribution < -0.4 is 14.9 Å². The predicted molar refractivity (Wildman–Crippen MR) is 107 cm³/mol. The molecule has 0 fully saturated rings. The fraction of sp³-hybridized carbons (Fsp3) is 0.118. The van der Waals surface area contributed by atoms with Crippen LogP contribution in [0.25, 0.3) is 0 Å². The number of nitrogens with zero attached hydrogens (tertiary/aromatic N) is 3. The quantitative estimate of drug-likeness (QED) is 0.261. The summed E-state index contributed by atoms with van der Waals surface area (Å²) >= 11 is 3.38. The molecule has 146 valence electrons. The van der Waals surface area contributed by atoms with Gasteiger partial charge in [0, 0.05) is 6.07 Å². The second-order valence-corrected chi connectivity index (χ2v) is 6.07. The fourth-order valence-corrected chi connectivity index (χ4v) is 2.73. The molecular formula is C17H15BrN4O6. The Balaban J connectivity index is 2.25. The number of anilines is 1. The lowest BCUT2D eigenvalue weighted by molar-refractivity contribution is -0.393. The largest absolute Gasteiger partial charge is 0.493 e. The van der Waals surface area contributed by atoms with Crippen molar-refractivity contribution in [3.63, 3.8) is 0 Å². The number of nitro groups is 2. The average Bonchev–Trinajstić information content (AvgIpc) is 2.66. The minimum Gasteiger partial charge on any atom is -0.493 e. The van der Waals surface area contributed by atoms with Gasteiger partial charge in [0.25, 0.3) is 5.69 Å². The molecule has 2 rings (SSSR count). The normalized spacial score (nSPS) is 10.5. The van der Waals surface area contributed by atoms with Crippen LogP contribution >= 0.6 is 15.9 Å². The van der Waals surface area contributed by atoms with Crippen LogP contribution in [0.5, 0.6) is 11.5 Å². The Bertz CT molecular complexity index is 947. The Labute approximate surface area is 167 Å². The molecule has 0 radical (unpaired) electrons. The van der Waals surface area contributed by atoms with Gasteiger partial charge in [0.2, 0.25) is 0 Å². The fourth-order valence-electron chi connectivity index (χ4n) is 2.15. The molecular weight excluding hydrogens is 436 g/mol. The standard InChI is InChI=1S/C17H15BrN4O6/c1-3-6-28-17-13(18)7-11(8-16(17)27-2)10-19-20-14-5-4-12(21(23)24)9-15(14)22(25)26/h3-5,7-10,20H,1,6H2,2H3/b19-10-. The number of hydrazone groups is 1. The molecule has 1 N–H and O–H groups in total. The highest BCUT2D eigenvalue weighted by Gasteiger charge is 2.19. The molecule has 0 aromatic heterocycles. The lowest BCUT2D eigenvalue weighted by Crippen LogP contribution is -2.00. The van der Waals surface area contributed by atoms with E-state index in [1.54, 1.807) is 18.2 Å². The van der Waals surface area contributed by atoms with Crippen LogP contribution in [0, 0.1) is 20.2 Å². The van der Waals surface area contributed by atoms with Gasteiger partial charge in [-0.3, -0.25) is 25.7 Å². The topological polar surface area (TPSA) is 129 Å². The molecule has 0 aliphatic carbocycles. The zero-order valence-electron chi connectivity index (χ0n) is 14.6. The summed E-state index contributed by atoms with van der Waals surface area (Å²) in [7, 11) is 1.49. The number of rotatable bonds is 9. The summed E-state index contributed by atoms with van der Waals surface area (Å²) in [5, 5.41) is 25.9. The van der Waals surface area contributed by atoms with Crippen LogP contribution in [0.4, 0.5) is 17.1 Å². The van der Waals surface area contributed by atoms with E-state index in [1.165, 1.54) is 19.4 Å². The van der Waals surface area contributed by atoms with Gasteiger partial charge in [-0.25, -0.2) is 0 Å². The first-order chi connectivity index (χ1) is 13.4. The number of nitrogens with one attached hydrogen (secondary N) is 1. The molecule has 28 heavy (non-hydrogen) atoms. The zero-order chi connectivity index (χ0) is 20.7. The maximum absolute atomic E-state index is 11.1. The maximum Gasteiger partial charge on any atom is 0.301 e. The van der Waals surface area contributed by atoms with Crippen molar-refractivity contribution in [2.24, 2.45) is 5.10 Å². The van der Waals surface area contributed by atoms with E-state index in [0.717, 1.165) is 12.1 Å². The third-order valence-corrected chi connectivity index (χ3v) is 3.97. The maximum atomic E-state index is 11.1. The predicted octanol–water partition coefficient (Wildman–Crippen LogP) is 4.28. The zero-order valence-corrected chi connectivity index (χ0v) is 16.2. The molecule has 0 unspecified atom stereocenters. The number of methoxy groups -OCH3 is 1. The molecule has 0 saturated heterocycles. The van der Waals surface area contributed by atoms with E-state index in [-0.39, 0.29) is 11.4 Å². The van der Waals surface area contributed by atoms with Crippen molar-refractivity contribution in [1.29, 1.82) is 0 Å². The number of non-ortho nitro benzene ring substituents is 1. The number of hydrogen-bond acceptors (Lipinski definition) is 8. The minimum atomic E-state index is -0.726. The highest BCUT2D eigenvalue weighted by molar-refractivity contribution is 9.10. The number of halogens is 1. The molecule has 0 spiro atoms. The molecule has 0 bridgehead atoms. The number of hydrogen-bond donors (Lipinski definition) is 1. The van der Waals surface area contributed by atoms with Gasteiger partial charge >= 0.3 is 5.69 Å². The first kappa shape index (κ1) is 20.8. The van der Waals surface area contributed by atoms with Crippen LogP contribution in [0.3, 0.4) is 0 Å². The Morgan fingerprint density at radius 2 is 2.00 bits per heavy atom. The van der Waals surface area contributed by atoms with Gasteiger partial charge < -0.3 is 9.47 Å². The molecule has 11 heteroatoms. The number of nitro benzene ring substituents is 2.